The molecule has 0 radical (unpaired) electrons. The molecule has 0 aliphatic rings. The van der Waals surface area contributed by atoms with Crippen LogP contribution in [0.15, 0.2) is 53.5 Å². The molecule has 0 unspecified atom stereocenters. The molecule has 0 amide bonds. The molecule has 0 N–H and O–H groups in total. The lowest BCUT2D eigenvalue weighted by Gasteiger charge is -2.12. The van der Waals surface area contributed by atoms with Gasteiger partial charge in [0.2, 0.25) is 0 Å². The predicted octanol–water partition coefficient (Wildman–Crippen LogP) is 4.28. The molecule has 0 spiro atoms. The minimum atomic E-state index is 0.437. The monoisotopic (exact) mass is 332 g/mol. The molecule has 0 heterocycles. The summed E-state index contributed by atoms with van der Waals surface area (Å²) < 4.78 is 10.9. The number of aldehydes is 1. The maximum Gasteiger partial charge on any atom is 0.153 e. The molecule has 102 valence electrons. The van der Waals surface area contributed by atoms with Gasteiger partial charge < -0.3 is 9.47 Å². The number of carbonyl (C=O) groups excluding carboxylic acids is 1. The second-order valence-corrected chi connectivity index (χ2v) is 4.42. The molecule has 0 aliphatic carbocycles. The van der Waals surface area contributed by atoms with Crippen molar-refractivity contribution < 1.29 is 14.3 Å². The van der Waals surface area contributed by atoms with Crippen molar-refractivity contribution in [1.29, 1.82) is 0 Å². The fourth-order valence-electron chi connectivity index (χ4n) is 1.70. The smallest absolute Gasteiger partial charge is 0.153 e. The Kier molecular flexibility index (Phi) is 4.96. The van der Waals surface area contributed by atoms with Gasteiger partial charge >= 0.3 is 0 Å². The first-order valence-corrected chi connectivity index (χ1v) is 6.87. The van der Waals surface area contributed by atoms with Gasteiger partial charge in [-0.25, -0.2) is 0 Å². The van der Waals surface area contributed by atoms with Crippen LogP contribution in [0.3, 0.4) is 0 Å². The van der Waals surface area contributed by atoms with Crippen molar-refractivity contribution in [1.82, 2.24) is 0 Å². The van der Waals surface area contributed by atoms with Gasteiger partial charge in [-0.15, -0.1) is 0 Å². The minimum absolute atomic E-state index is 0.437. The molecule has 20 heavy (non-hydrogen) atoms. The first-order valence-electron chi connectivity index (χ1n) is 5.95. The topological polar surface area (TPSA) is 35.5 Å². The van der Waals surface area contributed by atoms with Crippen molar-refractivity contribution in [2.45, 2.75) is 0 Å². The number of benzene rings is 2. The summed E-state index contributed by atoms with van der Waals surface area (Å²) in [5, 5.41) is 0. The van der Waals surface area contributed by atoms with E-state index in [0.717, 1.165) is 11.8 Å². The van der Waals surface area contributed by atoms with E-state index in [1.165, 1.54) is 0 Å². The highest BCUT2D eigenvalue weighted by Gasteiger charge is 2.09. The molecule has 0 aliphatic heterocycles. The Hall–Kier alpha value is -2.07. The zero-order valence-corrected chi connectivity index (χ0v) is 12.5. The maximum atomic E-state index is 11.1. The third-order valence-electron chi connectivity index (χ3n) is 2.72. The van der Waals surface area contributed by atoms with Gasteiger partial charge in [-0.3, -0.25) is 4.79 Å². The van der Waals surface area contributed by atoms with Crippen LogP contribution in [-0.2, 0) is 0 Å². The molecule has 0 atom stereocenters. The zero-order valence-electron chi connectivity index (χ0n) is 10.9. The summed E-state index contributed by atoms with van der Waals surface area (Å²) in [7, 11) is 1.55. The van der Waals surface area contributed by atoms with Gasteiger partial charge in [0.05, 0.1) is 12.7 Å². The summed E-state index contributed by atoms with van der Waals surface area (Å²) in [6.07, 6.45) is 0.745. The van der Waals surface area contributed by atoms with Crippen LogP contribution in [0, 0.1) is 0 Å². The quantitative estimate of drug-likeness (QED) is 0.605. The highest BCUT2D eigenvalue weighted by molar-refractivity contribution is 9.11. The Bertz CT molecular complexity index is 621. The van der Waals surface area contributed by atoms with Crippen LogP contribution in [0.2, 0.25) is 0 Å². The molecule has 3 nitrogen and oxygen atoms in total. The molecule has 4 heteroatoms. The minimum Gasteiger partial charge on any atom is -0.497 e. The highest BCUT2D eigenvalue weighted by atomic mass is 79.9. The molecule has 0 saturated heterocycles. The first kappa shape index (κ1) is 14.3. The van der Waals surface area contributed by atoms with E-state index >= 15 is 0 Å². The normalized spacial score (nSPS) is 11.0. The van der Waals surface area contributed by atoms with Crippen LogP contribution in [0.4, 0.5) is 0 Å². The molecular weight excluding hydrogens is 320 g/mol. The summed E-state index contributed by atoms with van der Waals surface area (Å²) in [6.45, 7) is 0. The van der Waals surface area contributed by atoms with Crippen LogP contribution >= 0.6 is 15.9 Å². The number of methoxy groups -OCH3 is 1. The lowest BCUT2D eigenvalue weighted by molar-refractivity contribution is 0.112. The van der Waals surface area contributed by atoms with Crippen LogP contribution < -0.4 is 9.47 Å². The fourth-order valence-corrected chi connectivity index (χ4v) is 2.06. The zero-order chi connectivity index (χ0) is 14.4. The van der Waals surface area contributed by atoms with Crippen LogP contribution in [0.1, 0.15) is 15.9 Å². The van der Waals surface area contributed by atoms with Crippen molar-refractivity contribution in [3.05, 3.63) is 64.6 Å². The second-order valence-electron chi connectivity index (χ2n) is 3.96. The van der Waals surface area contributed by atoms with E-state index < -0.39 is 0 Å². The second kappa shape index (κ2) is 6.91. The third-order valence-corrected chi connectivity index (χ3v) is 3.14. The molecule has 0 saturated carbocycles. The van der Waals surface area contributed by atoms with Gasteiger partial charge in [0.25, 0.3) is 0 Å². The fraction of sp³-hybridized carbons (Fsp3) is 0.0625. The first-order chi connectivity index (χ1) is 9.78. The lowest BCUT2D eigenvalue weighted by atomic mass is 10.2. The molecule has 2 rings (SSSR count). The Balaban J connectivity index is 2.31. The average Bonchev–Trinajstić information content (AvgIpc) is 2.53. The van der Waals surface area contributed by atoms with Gasteiger partial charge in [-0.1, -0.05) is 46.3 Å². The molecule has 0 bridgehead atoms. The van der Waals surface area contributed by atoms with E-state index in [1.54, 1.807) is 30.3 Å². The molecule has 2 aromatic rings. The van der Waals surface area contributed by atoms with Gasteiger partial charge in [-0.05, 0) is 18.2 Å². The lowest BCUT2D eigenvalue weighted by Crippen LogP contribution is -1.98. The predicted molar refractivity (Wildman–Crippen MR) is 82.4 cm³/mol. The van der Waals surface area contributed by atoms with E-state index in [4.69, 9.17) is 9.47 Å². The van der Waals surface area contributed by atoms with Gasteiger partial charge in [-0.2, -0.15) is 0 Å². The average molecular weight is 333 g/mol. The molecular formula is C16H13BrO3. The van der Waals surface area contributed by atoms with E-state index in [0.29, 0.717) is 22.8 Å². The Morgan fingerprint density at radius 3 is 2.50 bits per heavy atom. The maximum absolute atomic E-state index is 11.1. The molecule has 0 aromatic heterocycles. The number of rotatable bonds is 5. The van der Waals surface area contributed by atoms with Crippen molar-refractivity contribution in [2.75, 3.05) is 7.11 Å². The van der Waals surface area contributed by atoms with Gasteiger partial charge in [0.1, 0.15) is 17.3 Å². The molecule has 2 aromatic carbocycles. The number of halogens is 1. The summed E-state index contributed by atoms with van der Waals surface area (Å²) in [5.74, 6) is 1.72. The van der Waals surface area contributed by atoms with E-state index in [1.807, 2.05) is 30.3 Å². The largest absolute Gasteiger partial charge is 0.497 e. The number of carbonyl (C=O) groups is 1. The van der Waals surface area contributed by atoms with Crippen molar-refractivity contribution in [3.63, 3.8) is 0 Å². The number of hydrogen-bond donors (Lipinski definition) is 0. The Morgan fingerprint density at radius 1 is 1.15 bits per heavy atom. The van der Waals surface area contributed by atoms with Crippen molar-refractivity contribution >= 4 is 28.0 Å². The van der Waals surface area contributed by atoms with Crippen LogP contribution in [0.5, 0.6) is 11.5 Å². The third kappa shape index (κ3) is 3.27. The van der Waals surface area contributed by atoms with Gasteiger partial charge in [0, 0.05) is 10.5 Å². The highest BCUT2D eigenvalue weighted by Crippen LogP contribution is 2.27. The Morgan fingerprint density at radius 2 is 1.90 bits per heavy atom. The summed E-state index contributed by atoms with van der Waals surface area (Å²) >= 11 is 3.28. The van der Waals surface area contributed by atoms with Crippen LogP contribution in [-0.4, -0.2) is 13.4 Å². The van der Waals surface area contributed by atoms with Crippen molar-refractivity contribution in [3.8, 4) is 11.5 Å². The number of hydrogen-bond acceptors (Lipinski definition) is 3. The van der Waals surface area contributed by atoms with Crippen molar-refractivity contribution in [2.24, 2.45) is 0 Å². The Labute approximate surface area is 126 Å². The van der Waals surface area contributed by atoms with Gasteiger partial charge in [0.15, 0.2) is 6.29 Å². The summed E-state index contributed by atoms with van der Waals surface area (Å²) in [4.78, 5) is 12.8. The van der Waals surface area contributed by atoms with E-state index in [-0.39, 0.29) is 0 Å². The number of ether oxygens (including phenoxy) is 2. The van der Waals surface area contributed by atoms with E-state index in [2.05, 4.69) is 15.9 Å². The standard InChI is InChI=1S/C16H13BrO3/c1-19-14-7-8-15(13(9-14)11-18)20-16(10-17)12-5-3-2-4-6-12/h2-11H,1H3/b16-10-. The summed E-state index contributed by atoms with van der Waals surface area (Å²) in [6, 6.07) is 14.7. The summed E-state index contributed by atoms with van der Waals surface area (Å²) in [5.41, 5.74) is 1.35. The van der Waals surface area contributed by atoms with Crippen LogP contribution in [0.25, 0.3) is 5.76 Å². The molecule has 0 fully saturated rings. The van der Waals surface area contributed by atoms with E-state index in [9.17, 15) is 4.79 Å². The SMILES string of the molecule is COc1ccc(O/C(=C\Br)c2ccccc2)c(C=O)c1.